The minimum Gasteiger partial charge on any atom is -0.398 e. The molecule has 0 aliphatic carbocycles. The van der Waals surface area contributed by atoms with E-state index in [4.69, 9.17) is 28.9 Å². The van der Waals surface area contributed by atoms with E-state index in [1.807, 2.05) is 0 Å². The second-order valence-corrected chi connectivity index (χ2v) is 5.19. The van der Waals surface area contributed by atoms with Crippen LogP contribution in [0, 0.1) is 0 Å². The minimum atomic E-state index is -0.388. The van der Waals surface area contributed by atoms with Crippen LogP contribution in [0.15, 0.2) is 47.6 Å². The molecule has 21 heavy (non-hydrogen) atoms. The van der Waals surface area contributed by atoms with E-state index in [1.54, 1.807) is 49.4 Å². The Morgan fingerprint density at radius 1 is 1.14 bits per heavy atom. The average molecular weight is 322 g/mol. The fraction of sp³-hybridized carbons (Fsp3) is 0.0667. The predicted molar refractivity (Wildman–Crippen MR) is 87.0 cm³/mol. The van der Waals surface area contributed by atoms with E-state index in [1.165, 1.54) is 0 Å². The monoisotopic (exact) mass is 321 g/mol. The van der Waals surface area contributed by atoms with Gasteiger partial charge in [0, 0.05) is 16.3 Å². The minimum absolute atomic E-state index is 0.356. The highest BCUT2D eigenvalue weighted by atomic mass is 35.5. The van der Waals surface area contributed by atoms with E-state index < -0.39 is 0 Å². The summed E-state index contributed by atoms with van der Waals surface area (Å²) < 4.78 is 0. The Balaban J connectivity index is 2.19. The summed E-state index contributed by atoms with van der Waals surface area (Å²) in [5.74, 6) is -0.388. The quantitative estimate of drug-likeness (QED) is 0.514. The molecule has 0 saturated heterocycles. The third-order valence-electron chi connectivity index (χ3n) is 2.85. The standard InChI is InChI=1S/C15H13Cl2N3O/c1-9(12-8-10(16)6-7-14(12)18)19-20-15(21)11-4-2-3-5-13(11)17/h2-8H,18H2,1H3,(H,20,21)/b19-9+. The van der Waals surface area contributed by atoms with Gasteiger partial charge in [0.25, 0.3) is 5.91 Å². The molecule has 0 aliphatic heterocycles. The molecule has 0 unspecified atom stereocenters. The van der Waals surface area contributed by atoms with Gasteiger partial charge in [-0.3, -0.25) is 4.79 Å². The summed E-state index contributed by atoms with van der Waals surface area (Å²) >= 11 is 11.9. The molecule has 2 aromatic rings. The molecule has 0 atom stereocenters. The Morgan fingerprint density at radius 2 is 1.86 bits per heavy atom. The fourth-order valence-electron chi connectivity index (χ4n) is 1.74. The van der Waals surface area contributed by atoms with Crippen molar-refractivity contribution in [1.82, 2.24) is 5.43 Å². The molecule has 0 spiro atoms. The maximum atomic E-state index is 12.0. The molecule has 0 heterocycles. The number of hydrogen-bond donors (Lipinski definition) is 2. The topological polar surface area (TPSA) is 67.5 Å². The smallest absolute Gasteiger partial charge is 0.272 e. The number of nitrogen functional groups attached to an aromatic ring is 1. The first-order valence-electron chi connectivity index (χ1n) is 6.13. The third-order valence-corrected chi connectivity index (χ3v) is 3.41. The van der Waals surface area contributed by atoms with Crippen LogP contribution in [-0.2, 0) is 0 Å². The molecule has 0 aliphatic rings. The van der Waals surface area contributed by atoms with Gasteiger partial charge in [-0.15, -0.1) is 0 Å². The highest BCUT2D eigenvalue weighted by Gasteiger charge is 2.09. The number of benzene rings is 2. The normalized spacial score (nSPS) is 11.3. The second kappa shape index (κ2) is 6.61. The summed E-state index contributed by atoms with van der Waals surface area (Å²) in [6.45, 7) is 1.73. The van der Waals surface area contributed by atoms with Crippen molar-refractivity contribution in [3.8, 4) is 0 Å². The number of carbonyl (C=O) groups is 1. The van der Waals surface area contributed by atoms with Gasteiger partial charge in [0.15, 0.2) is 0 Å². The average Bonchev–Trinajstić information content (AvgIpc) is 2.47. The molecule has 0 fully saturated rings. The number of amides is 1. The van der Waals surface area contributed by atoms with Crippen molar-refractivity contribution < 1.29 is 4.79 Å². The lowest BCUT2D eigenvalue weighted by molar-refractivity contribution is 0.0955. The van der Waals surface area contributed by atoms with E-state index in [2.05, 4.69) is 10.5 Å². The molecule has 2 rings (SSSR count). The van der Waals surface area contributed by atoms with Crippen LogP contribution in [0.3, 0.4) is 0 Å². The summed E-state index contributed by atoms with van der Waals surface area (Å²) in [6.07, 6.45) is 0. The Morgan fingerprint density at radius 3 is 2.57 bits per heavy atom. The SMILES string of the molecule is C/C(=N\NC(=O)c1ccccc1Cl)c1cc(Cl)ccc1N. The van der Waals surface area contributed by atoms with Crippen LogP contribution >= 0.6 is 23.2 Å². The van der Waals surface area contributed by atoms with Gasteiger partial charge >= 0.3 is 0 Å². The Hall–Kier alpha value is -2.04. The predicted octanol–water partition coefficient (Wildman–Crippen LogP) is 3.73. The van der Waals surface area contributed by atoms with Crippen LogP contribution in [0.2, 0.25) is 10.0 Å². The number of nitrogens with zero attached hydrogens (tertiary/aromatic N) is 1. The van der Waals surface area contributed by atoms with Gasteiger partial charge in [0.05, 0.1) is 16.3 Å². The van der Waals surface area contributed by atoms with E-state index in [0.717, 1.165) is 0 Å². The number of hydrogen-bond acceptors (Lipinski definition) is 3. The van der Waals surface area contributed by atoms with Gasteiger partial charge < -0.3 is 5.73 Å². The van der Waals surface area contributed by atoms with Crippen molar-refractivity contribution >= 4 is 40.5 Å². The number of carbonyl (C=O) groups excluding carboxylic acids is 1. The van der Waals surface area contributed by atoms with Crippen molar-refractivity contribution in [1.29, 1.82) is 0 Å². The number of halogens is 2. The zero-order chi connectivity index (χ0) is 15.4. The highest BCUT2D eigenvalue weighted by molar-refractivity contribution is 6.33. The molecular formula is C15H13Cl2N3O. The summed E-state index contributed by atoms with van der Waals surface area (Å²) in [5.41, 5.74) is 10.4. The number of hydrazone groups is 1. The first-order valence-corrected chi connectivity index (χ1v) is 6.89. The molecule has 0 radical (unpaired) electrons. The highest BCUT2D eigenvalue weighted by Crippen LogP contribution is 2.19. The number of anilines is 1. The maximum Gasteiger partial charge on any atom is 0.272 e. The zero-order valence-corrected chi connectivity index (χ0v) is 12.7. The Bertz CT molecular complexity index is 714. The lowest BCUT2D eigenvalue weighted by Crippen LogP contribution is -2.20. The number of rotatable bonds is 3. The summed E-state index contributed by atoms with van der Waals surface area (Å²) in [6, 6.07) is 11.8. The summed E-state index contributed by atoms with van der Waals surface area (Å²) in [4.78, 5) is 12.0. The van der Waals surface area contributed by atoms with Crippen LogP contribution in [0.5, 0.6) is 0 Å². The molecular weight excluding hydrogens is 309 g/mol. The van der Waals surface area contributed by atoms with Gasteiger partial charge in [-0.2, -0.15) is 5.10 Å². The first kappa shape index (κ1) is 15.4. The molecule has 2 aromatic carbocycles. The lowest BCUT2D eigenvalue weighted by atomic mass is 10.1. The molecule has 1 amide bonds. The largest absolute Gasteiger partial charge is 0.398 e. The third kappa shape index (κ3) is 3.74. The fourth-order valence-corrected chi connectivity index (χ4v) is 2.14. The van der Waals surface area contributed by atoms with Crippen molar-refractivity contribution in [3.05, 3.63) is 63.6 Å². The van der Waals surface area contributed by atoms with E-state index >= 15 is 0 Å². The van der Waals surface area contributed by atoms with Crippen LogP contribution in [0.4, 0.5) is 5.69 Å². The van der Waals surface area contributed by atoms with Gasteiger partial charge in [0.2, 0.25) is 0 Å². The van der Waals surface area contributed by atoms with Gasteiger partial charge in [-0.05, 0) is 37.3 Å². The zero-order valence-electron chi connectivity index (χ0n) is 11.2. The molecule has 6 heteroatoms. The lowest BCUT2D eigenvalue weighted by Gasteiger charge is -2.07. The number of nitrogens with two attached hydrogens (primary N) is 1. The maximum absolute atomic E-state index is 12.0. The molecule has 3 N–H and O–H groups in total. The van der Waals surface area contributed by atoms with Gasteiger partial charge in [-0.1, -0.05) is 35.3 Å². The Kier molecular flexibility index (Phi) is 4.83. The molecule has 0 saturated carbocycles. The molecule has 0 bridgehead atoms. The van der Waals surface area contributed by atoms with E-state index in [9.17, 15) is 4.79 Å². The summed E-state index contributed by atoms with van der Waals surface area (Å²) in [5, 5.41) is 4.95. The van der Waals surface area contributed by atoms with E-state index in [-0.39, 0.29) is 5.91 Å². The van der Waals surface area contributed by atoms with Crippen LogP contribution in [0.25, 0.3) is 0 Å². The molecule has 4 nitrogen and oxygen atoms in total. The van der Waals surface area contributed by atoms with Crippen molar-refractivity contribution in [3.63, 3.8) is 0 Å². The molecule has 108 valence electrons. The Labute approximate surface area is 132 Å². The summed E-state index contributed by atoms with van der Waals surface area (Å²) in [7, 11) is 0. The van der Waals surface area contributed by atoms with Crippen LogP contribution < -0.4 is 11.2 Å². The first-order chi connectivity index (χ1) is 9.99. The van der Waals surface area contributed by atoms with Crippen molar-refractivity contribution in [2.24, 2.45) is 5.10 Å². The van der Waals surface area contributed by atoms with Crippen molar-refractivity contribution in [2.45, 2.75) is 6.92 Å². The van der Waals surface area contributed by atoms with Crippen molar-refractivity contribution in [2.75, 3.05) is 5.73 Å². The molecule has 0 aromatic heterocycles. The van der Waals surface area contributed by atoms with Gasteiger partial charge in [-0.25, -0.2) is 5.43 Å². The second-order valence-electron chi connectivity index (χ2n) is 4.35. The van der Waals surface area contributed by atoms with Crippen LogP contribution in [0.1, 0.15) is 22.8 Å². The van der Waals surface area contributed by atoms with Crippen LogP contribution in [-0.4, -0.2) is 11.6 Å². The van der Waals surface area contributed by atoms with E-state index in [0.29, 0.717) is 32.6 Å². The van der Waals surface area contributed by atoms with Gasteiger partial charge in [0.1, 0.15) is 0 Å². The number of nitrogens with one attached hydrogen (secondary N) is 1.